The van der Waals surface area contributed by atoms with E-state index in [1.165, 1.54) is 11.1 Å². The fraction of sp³-hybridized carbons (Fsp3) is 0.471. The molecule has 1 aliphatic rings. The average molecular weight is 313 g/mol. The van der Waals surface area contributed by atoms with Crippen molar-refractivity contribution in [2.75, 3.05) is 13.1 Å². The van der Waals surface area contributed by atoms with Crippen molar-refractivity contribution >= 4 is 5.91 Å². The number of rotatable bonds is 5. The first kappa shape index (κ1) is 15.7. The van der Waals surface area contributed by atoms with Crippen LogP contribution in [0.2, 0.25) is 0 Å². The van der Waals surface area contributed by atoms with E-state index in [0.29, 0.717) is 12.6 Å². The van der Waals surface area contributed by atoms with Gasteiger partial charge in [0, 0.05) is 32.6 Å². The molecule has 1 aromatic heterocycles. The van der Waals surface area contributed by atoms with E-state index >= 15 is 0 Å². The van der Waals surface area contributed by atoms with E-state index < -0.39 is 0 Å². The highest BCUT2D eigenvalue weighted by Crippen LogP contribution is 2.26. The molecule has 2 heterocycles. The van der Waals surface area contributed by atoms with E-state index in [2.05, 4.69) is 33.7 Å². The van der Waals surface area contributed by atoms with Crippen LogP contribution in [0.15, 0.2) is 36.9 Å². The summed E-state index contributed by atoms with van der Waals surface area (Å²) in [5.41, 5.74) is 2.57. The number of aryl methyl sites for hydroxylation is 1. The number of nitrogens with zero attached hydrogens (tertiary/aromatic N) is 4. The molecule has 1 N–H and O–H groups in total. The average Bonchev–Trinajstić information content (AvgIpc) is 2.99. The Bertz CT molecular complexity index is 640. The lowest BCUT2D eigenvalue weighted by molar-refractivity contribution is -0.129. The summed E-state index contributed by atoms with van der Waals surface area (Å²) >= 11 is 0. The Morgan fingerprint density at radius 2 is 2.09 bits per heavy atom. The predicted molar refractivity (Wildman–Crippen MR) is 87.5 cm³/mol. The molecule has 1 atom stereocenters. The number of carbonyl (C=O) groups is 1. The summed E-state index contributed by atoms with van der Waals surface area (Å²) < 4.78 is 1.99. The summed E-state index contributed by atoms with van der Waals surface area (Å²) in [6, 6.07) is 8.73. The SMILES string of the molecule is CC(=O)N1CCC(NCCCn2cnnc2)c2ccccc2C1. The van der Waals surface area contributed by atoms with E-state index in [-0.39, 0.29) is 5.91 Å². The van der Waals surface area contributed by atoms with Gasteiger partial charge in [-0.05, 0) is 30.5 Å². The Hall–Kier alpha value is -2.21. The van der Waals surface area contributed by atoms with Crippen molar-refractivity contribution in [3.63, 3.8) is 0 Å². The molecule has 0 fully saturated rings. The molecule has 0 bridgehead atoms. The maximum absolute atomic E-state index is 11.8. The van der Waals surface area contributed by atoms with Gasteiger partial charge in [0.2, 0.25) is 5.91 Å². The number of aromatic nitrogens is 3. The number of benzene rings is 1. The summed E-state index contributed by atoms with van der Waals surface area (Å²) in [6.45, 7) is 5.00. The van der Waals surface area contributed by atoms with Gasteiger partial charge in [0.25, 0.3) is 0 Å². The minimum Gasteiger partial charge on any atom is -0.339 e. The van der Waals surface area contributed by atoms with Crippen molar-refractivity contribution in [3.8, 4) is 0 Å². The van der Waals surface area contributed by atoms with Gasteiger partial charge in [-0.1, -0.05) is 24.3 Å². The molecule has 0 saturated carbocycles. The maximum Gasteiger partial charge on any atom is 0.219 e. The van der Waals surface area contributed by atoms with Crippen molar-refractivity contribution in [1.29, 1.82) is 0 Å². The number of nitrogens with one attached hydrogen (secondary N) is 1. The predicted octanol–water partition coefficient (Wildman–Crippen LogP) is 1.75. The van der Waals surface area contributed by atoms with Crippen LogP contribution in [-0.2, 0) is 17.9 Å². The first-order valence-corrected chi connectivity index (χ1v) is 8.13. The fourth-order valence-corrected chi connectivity index (χ4v) is 3.10. The molecule has 1 unspecified atom stereocenters. The number of carbonyl (C=O) groups excluding carboxylic acids is 1. The van der Waals surface area contributed by atoms with Crippen molar-refractivity contribution in [2.24, 2.45) is 0 Å². The molecule has 0 aliphatic carbocycles. The summed E-state index contributed by atoms with van der Waals surface area (Å²) in [7, 11) is 0. The molecule has 0 radical (unpaired) electrons. The summed E-state index contributed by atoms with van der Waals surface area (Å²) in [4.78, 5) is 13.7. The van der Waals surface area contributed by atoms with Crippen LogP contribution < -0.4 is 5.32 Å². The highest BCUT2D eigenvalue weighted by atomic mass is 16.2. The highest BCUT2D eigenvalue weighted by molar-refractivity contribution is 5.73. The van der Waals surface area contributed by atoms with E-state index in [4.69, 9.17) is 0 Å². The Labute approximate surface area is 136 Å². The minimum atomic E-state index is 0.146. The Balaban J connectivity index is 1.61. The smallest absolute Gasteiger partial charge is 0.219 e. The van der Waals surface area contributed by atoms with Gasteiger partial charge in [-0.25, -0.2) is 0 Å². The number of hydrogen-bond donors (Lipinski definition) is 1. The quantitative estimate of drug-likeness (QED) is 0.854. The van der Waals surface area contributed by atoms with Gasteiger partial charge < -0.3 is 14.8 Å². The van der Waals surface area contributed by atoms with Gasteiger partial charge in [-0.2, -0.15) is 0 Å². The summed E-state index contributed by atoms with van der Waals surface area (Å²) in [6.07, 6.45) is 5.45. The van der Waals surface area contributed by atoms with Gasteiger partial charge in [-0.15, -0.1) is 10.2 Å². The zero-order valence-electron chi connectivity index (χ0n) is 13.5. The van der Waals surface area contributed by atoms with Gasteiger partial charge in [-0.3, -0.25) is 4.79 Å². The summed E-state index contributed by atoms with van der Waals surface area (Å²) in [5, 5.41) is 11.3. The lowest BCUT2D eigenvalue weighted by atomic mass is 9.99. The van der Waals surface area contributed by atoms with Crippen molar-refractivity contribution in [1.82, 2.24) is 25.0 Å². The zero-order valence-corrected chi connectivity index (χ0v) is 13.5. The molecule has 2 aromatic rings. The van der Waals surface area contributed by atoms with E-state index in [0.717, 1.165) is 32.5 Å². The molecule has 6 nitrogen and oxygen atoms in total. The van der Waals surface area contributed by atoms with Gasteiger partial charge in [0.15, 0.2) is 0 Å². The van der Waals surface area contributed by atoms with Gasteiger partial charge >= 0.3 is 0 Å². The van der Waals surface area contributed by atoms with Crippen LogP contribution in [-0.4, -0.2) is 38.7 Å². The maximum atomic E-state index is 11.8. The molecule has 1 aromatic carbocycles. The number of fused-ring (bicyclic) bond motifs is 1. The van der Waals surface area contributed by atoms with Crippen LogP contribution in [0.25, 0.3) is 0 Å². The number of amides is 1. The zero-order chi connectivity index (χ0) is 16.1. The largest absolute Gasteiger partial charge is 0.339 e. The third-order valence-corrected chi connectivity index (χ3v) is 4.38. The molecule has 0 saturated heterocycles. The normalized spacial score (nSPS) is 17.6. The lowest BCUT2D eigenvalue weighted by Gasteiger charge is -2.19. The third-order valence-electron chi connectivity index (χ3n) is 4.38. The van der Waals surface area contributed by atoms with Crippen LogP contribution in [0.4, 0.5) is 0 Å². The number of hydrogen-bond acceptors (Lipinski definition) is 4. The molecule has 6 heteroatoms. The van der Waals surface area contributed by atoms with Gasteiger partial charge in [0.05, 0.1) is 0 Å². The molecule has 1 amide bonds. The van der Waals surface area contributed by atoms with Crippen molar-refractivity contribution in [2.45, 2.75) is 38.9 Å². The second-order valence-corrected chi connectivity index (χ2v) is 5.99. The molecular weight excluding hydrogens is 290 g/mol. The molecular formula is C17H23N5O. The Morgan fingerprint density at radius 3 is 2.87 bits per heavy atom. The van der Waals surface area contributed by atoms with Crippen LogP contribution in [0.1, 0.15) is 36.9 Å². The fourth-order valence-electron chi connectivity index (χ4n) is 3.10. The van der Waals surface area contributed by atoms with Crippen LogP contribution in [0, 0.1) is 0 Å². The van der Waals surface area contributed by atoms with Crippen LogP contribution in [0.5, 0.6) is 0 Å². The second-order valence-electron chi connectivity index (χ2n) is 5.99. The van der Waals surface area contributed by atoms with E-state index in [1.54, 1.807) is 19.6 Å². The molecule has 0 spiro atoms. The first-order valence-electron chi connectivity index (χ1n) is 8.13. The second kappa shape index (κ2) is 7.37. The highest BCUT2D eigenvalue weighted by Gasteiger charge is 2.22. The molecule has 122 valence electrons. The Kier molecular flexibility index (Phi) is 5.02. The van der Waals surface area contributed by atoms with E-state index in [1.807, 2.05) is 15.5 Å². The lowest BCUT2D eigenvalue weighted by Crippen LogP contribution is -2.29. The topological polar surface area (TPSA) is 63.1 Å². The van der Waals surface area contributed by atoms with Crippen molar-refractivity contribution < 1.29 is 4.79 Å². The molecule has 23 heavy (non-hydrogen) atoms. The Morgan fingerprint density at radius 1 is 1.30 bits per heavy atom. The van der Waals surface area contributed by atoms with Gasteiger partial charge in [0.1, 0.15) is 12.7 Å². The minimum absolute atomic E-state index is 0.146. The van der Waals surface area contributed by atoms with Crippen LogP contribution >= 0.6 is 0 Å². The molecule has 3 rings (SSSR count). The van der Waals surface area contributed by atoms with Crippen molar-refractivity contribution in [3.05, 3.63) is 48.0 Å². The monoisotopic (exact) mass is 313 g/mol. The standard InChI is InChI=1S/C17H23N5O/c1-14(23)22-10-7-17(16-6-3-2-5-15(16)11-22)18-8-4-9-21-12-19-20-13-21/h2-3,5-6,12-13,17-18H,4,7-11H2,1H3. The first-order chi connectivity index (χ1) is 11.2. The van der Waals surface area contributed by atoms with Crippen LogP contribution in [0.3, 0.4) is 0 Å². The summed E-state index contributed by atoms with van der Waals surface area (Å²) in [5.74, 6) is 0.146. The third kappa shape index (κ3) is 3.96. The molecule has 1 aliphatic heterocycles. The van der Waals surface area contributed by atoms with E-state index in [9.17, 15) is 4.79 Å².